The van der Waals surface area contributed by atoms with Gasteiger partial charge in [0, 0.05) is 0 Å². The fourth-order valence-electron chi connectivity index (χ4n) is 1.36. The van der Waals surface area contributed by atoms with Crippen LogP contribution < -0.4 is 5.32 Å². The average molecular weight is 225 g/mol. The third kappa shape index (κ3) is 4.37. The minimum Gasteiger partial charge on any atom is -0.462 e. The van der Waals surface area contributed by atoms with Gasteiger partial charge in [0.15, 0.2) is 0 Å². The Balaban J connectivity index is 2.55. The van der Waals surface area contributed by atoms with Gasteiger partial charge in [-0.05, 0) is 45.9 Å². The van der Waals surface area contributed by atoms with Gasteiger partial charge in [-0.2, -0.15) is 0 Å². The number of hydrogen-bond acceptors (Lipinski definition) is 3. The molecule has 3 nitrogen and oxygen atoms in total. The van der Waals surface area contributed by atoms with Gasteiger partial charge in [0.25, 0.3) is 0 Å². The van der Waals surface area contributed by atoms with Crippen molar-refractivity contribution in [1.82, 2.24) is 5.32 Å². The van der Waals surface area contributed by atoms with E-state index in [9.17, 15) is 0 Å². The highest BCUT2D eigenvalue weighted by Gasteiger charge is 2.13. The van der Waals surface area contributed by atoms with Gasteiger partial charge < -0.3 is 14.5 Å². The van der Waals surface area contributed by atoms with Gasteiger partial charge in [0.1, 0.15) is 18.1 Å². The van der Waals surface area contributed by atoms with Crippen molar-refractivity contribution >= 4 is 0 Å². The Hall–Kier alpha value is -0.800. The molecule has 0 unspecified atom stereocenters. The number of hydrogen-bond donors (Lipinski definition) is 1. The van der Waals surface area contributed by atoms with Crippen molar-refractivity contribution in [2.75, 3.05) is 6.54 Å². The summed E-state index contributed by atoms with van der Waals surface area (Å²) in [5, 5.41) is 3.26. The van der Waals surface area contributed by atoms with E-state index in [0.717, 1.165) is 24.6 Å². The zero-order valence-corrected chi connectivity index (χ0v) is 11.0. The van der Waals surface area contributed by atoms with Crippen molar-refractivity contribution < 1.29 is 9.15 Å². The molecule has 0 bridgehead atoms. The number of rotatable bonds is 5. The molecule has 0 radical (unpaired) electrons. The van der Waals surface area contributed by atoms with Crippen LogP contribution in [0.1, 0.15) is 44.8 Å². The highest BCUT2D eigenvalue weighted by atomic mass is 16.5. The molecule has 1 rings (SSSR count). The molecule has 1 heterocycles. The van der Waals surface area contributed by atoms with Gasteiger partial charge in [-0.1, -0.05) is 6.92 Å². The first-order valence-electron chi connectivity index (χ1n) is 5.85. The first-order chi connectivity index (χ1) is 7.42. The largest absolute Gasteiger partial charge is 0.462 e. The van der Waals surface area contributed by atoms with Gasteiger partial charge in [-0.15, -0.1) is 0 Å². The molecule has 1 aromatic rings. The zero-order valence-electron chi connectivity index (χ0n) is 11.0. The topological polar surface area (TPSA) is 34.4 Å². The minimum atomic E-state index is -0.122. The summed E-state index contributed by atoms with van der Waals surface area (Å²) in [7, 11) is 0. The van der Waals surface area contributed by atoms with E-state index in [1.54, 1.807) is 0 Å². The van der Waals surface area contributed by atoms with Crippen LogP contribution >= 0.6 is 0 Å². The summed E-state index contributed by atoms with van der Waals surface area (Å²) in [4.78, 5) is 0. The summed E-state index contributed by atoms with van der Waals surface area (Å²) in [6, 6.07) is 2.05. The van der Waals surface area contributed by atoms with Gasteiger partial charge >= 0.3 is 0 Å². The van der Waals surface area contributed by atoms with E-state index in [4.69, 9.17) is 9.15 Å². The van der Waals surface area contributed by atoms with Gasteiger partial charge in [-0.25, -0.2) is 0 Å². The molecule has 1 aromatic heterocycles. The van der Waals surface area contributed by atoms with E-state index in [1.165, 1.54) is 5.56 Å². The number of aryl methyl sites for hydroxylation is 1. The molecule has 0 atom stereocenters. The number of ether oxygens (including phenoxy) is 1. The molecule has 0 aliphatic heterocycles. The molecule has 0 aliphatic rings. The number of nitrogens with one attached hydrogen (secondary N) is 1. The van der Waals surface area contributed by atoms with Crippen molar-refractivity contribution in [3.8, 4) is 0 Å². The lowest BCUT2D eigenvalue weighted by atomic mass is 10.2. The van der Waals surface area contributed by atoms with E-state index in [2.05, 4.69) is 25.2 Å². The molecule has 0 saturated heterocycles. The highest BCUT2D eigenvalue weighted by molar-refractivity contribution is 5.19. The van der Waals surface area contributed by atoms with E-state index in [1.807, 2.05) is 20.8 Å². The van der Waals surface area contributed by atoms with Crippen molar-refractivity contribution in [2.45, 2.75) is 53.4 Å². The maximum absolute atomic E-state index is 5.72. The van der Waals surface area contributed by atoms with Gasteiger partial charge in [-0.3, -0.25) is 0 Å². The van der Waals surface area contributed by atoms with Crippen LogP contribution in [-0.4, -0.2) is 12.1 Å². The third-order valence-electron chi connectivity index (χ3n) is 2.25. The fourth-order valence-corrected chi connectivity index (χ4v) is 1.36. The first kappa shape index (κ1) is 13.3. The van der Waals surface area contributed by atoms with Gasteiger partial charge in [0.2, 0.25) is 0 Å². The molecule has 3 heteroatoms. The van der Waals surface area contributed by atoms with Crippen LogP contribution in [-0.2, 0) is 17.9 Å². The summed E-state index contributed by atoms with van der Waals surface area (Å²) >= 11 is 0. The van der Waals surface area contributed by atoms with Gasteiger partial charge in [0.05, 0.1) is 12.1 Å². The summed E-state index contributed by atoms with van der Waals surface area (Å²) in [5.74, 6) is 1.91. The minimum absolute atomic E-state index is 0.122. The summed E-state index contributed by atoms with van der Waals surface area (Å²) < 4.78 is 11.4. The Morgan fingerprint density at radius 3 is 2.62 bits per heavy atom. The monoisotopic (exact) mass is 225 g/mol. The molecule has 0 spiro atoms. The molecular weight excluding hydrogens is 202 g/mol. The SMILES string of the molecule is CCNCc1oc(COC(C)(C)C)cc1C. The van der Waals surface area contributed by atoms with Crippen LogP contribution in [0.3, 0.4) is 0 Å². The molecule has 1 N–H and O–H groups in total. The van der Waals surface area contributed by atoms with Crippen LogP contribution in [0.5, 0.6) is 0 Å². The molecule has 0 aromatic carbocycles. The average Bonchev–Trinajstić information content (AvgIpc) is 2.52. The fraction of sp³-hybridized carbons (Fsp3) is 0.692. The molecule has 92 valence electrons. The molecule has 0 fully saturated rings. The summed E-state index contributed by atoms with van der Waals surface area (Å²) in [6.07, 6.45) is 0. The maximum atomic E-state index is 5.72. The lowest BCUT2D eigenvalue weighted by Gasteiger charge is -2.18. The number of furan rings is 1. The van der Waals surface area contributed by atoms with Crippen molar-refractivity contribution in [1.29, 1.82) is 0 Å². The summed E-state index contributed by atoms with van der Waals surface area (Å²) in [5.41, 5.74) is 1.07. The van der Waals surface area contributed by atoms with Crippen LogP contribution in [0, 0.1) is 6.92 Å². The second-order valence-electron chi connectivity index (χ2n) is 5.00. The van der Waals surface area contributed by atoms with Crippen LogP contribution in [0.4, 0.5) is 0 Å². The van der Waals surface area contributed by atoms with Crippen molar-refractivity contribution in [3.63, 3.8) is 0 Å². The normalized spacial score (nSPS) is 12.1. The van der Waals surface area contributed by atoms with Crippen LogP contribution in [0.25, 0.3) is 0 Å². The Labute approximate surface area is 98.2 Å². The maximum Gasteiger partial charge on any atom is 0.130 e. The van der Waals surface area contributed by atoms with E-state index in [0.29, 0.717) is 6.61 Å². The Morgan fingerprint density at radius 1 is 1.38 bits per heavy atom. The third-order valence-corrected chi connectivity index (χ3v) is 2.25. The second kappa shape index (κ2) is 5.51. The van der Waals surface area contributed by atoms with E-state index in [-0.39, 0.29) is 5.60 Å². The van der Waals surface area contributed by atoms with E-state index < -0.39 is 0 Å². The lowest BCUT2D eigenvalue weighted by Crippen LogP contribution is -2.18. The highest BCUT2D eigenvalue weighted by Crippen LogP contribution is 2.18. The molecule has 0 aliphatic carbocycles. The smallest absolute Gasteiger partial charge is 0.130 e. The lowest BCUT2D eigenvalue weighted by molar-refractivity contribution is -0.0227. The van der Waals surface area contributed by atoms with Crippen molar-refractivity contribution in [2.24, 2.45) is 0 Å². The predicted octanol–water partition coefficient (Wildman–Crippen LogP) is 3.01. The Kier molecular flexibility index (Phi) is 4.56. The van der Waals surface area contributed by atoms with Crippen LogP contribution in [0.2, 0.25) is 0 Å². The van der Waals surface area contributed by atoms with Crippen LogP contribution in [0.15, 0.2) is 10.5 Å². The predicted molar refractivity (Wildman–Crippen MR) is 65.4 cm³/mol. The molecular formula is C13H23NO2. The molecule has 16 heavy (non-hydrogen) atoms. The quantitative estimate of drug-likeness (QED) is 0.836. The van der Waals surface area contributed by atoms with Crippen molar-refractivity contribution in [3.05, 3.63) is 23.2 Å². The second-order valence-corrected chi connectivity index (χ2v) is 5.00. The standard InChI is InChI=1S/C13H23NO2/c1-6-14-8-12-10(2)7-11(16-12)9-15-13(3,4)5/h7,14H,6,8-9H2,1-5H3. The first-order valence-corrected chi connectivity index (χ1v) is 5.85. The van der Waals surface area contributed by atoms with E-state index >= 15 is 0 Å². The Morgan fingerprint density at radius 2 is 2.06 bits per heavy atom. The molecule has 0 saturated carbocycles. The zero-order chi connectivity index (χ0) is 12.2. The summed E-state index contributed by atoms with van der Waals surface area (Å²) in [6.45, 7) is 12.6. The Bertz CT molecular complexity index is 323. The molecule has 0 amide bonds.